The zero-order valence-electron chi connectivity index (χ0n) is 10.8. The number of furan rings is 1. The first-order valence-electron chi connectivity index (χ1n) is 6.17. The standard InChI is InChI=1S/C13H19NO3S/c1-9-11(12(15)16)6-10(17-9)7-14-8-13(2)4-3-5-18-13/h6,14H,3-5,7-8H2,1-2H3,(H,15,16). The summed E-state index contributed by atoms with van der Waals surface area (Å²) in [5.74, 6) is 1.47. The first kappa shape index (κ1) is 13.5. The summed E-state index contributed by atoms with van der Waals surface area (Å²) in [7, 11) is 0. The lowest BCUT2D eigenvalue weighted by Gasteiger charge is -2.22. The minimum absolute atomic E-state index is 0.258. The van der Waals surface area contributed by atoms with Crippen molar-refractivity contribution in [3.05, 3.63) is 23.2 Å². The molecule has 0 aliphatic carbocycles. The average Bonchev–Trinajstić information content (AvgIpc) is 2.86. The highest BCUT2D eigenvalue weighted by atomic mass is 32.2. The maximum absolute atomic E-state index is 10.9. The van der Waals surface area contributed by atoms with Gasteiger partial charge in [0.2, 0.25) is 0 Å². The third kappa shape index (κ3) is 3.09. The molecule has 1 aromatic heterocycles. The Kier molecular flexibility index (Phi) is 4.02. The molecule has 1 aliphatic rings. The Balaban J connectivity index is 1.87. The molecule has 1 unspecified atom stereocenters. The predicted molar refractivity (Wildman–Crippen MR) is 72.2 cm³/mol. The molecule has 0 aromatic carbocycles. The second kappa shape index (κ2) is 5.36. The maximum Gasteiger partial charge on any atom is 0.339 e. The molecule has 2 rings (SSSR count). The highest BCUT2D eigenvalue weighted by Crippen LogP contribution is 2.37. The topological polar surface area (TPSA) is 62.5 Å². The van der Waals surface area contributed by atoms with Gasteiger partial charge in [0.15, 0.2) is 0 Å². The van der Waals surface area contributed by atoms with Gasteiger partial charge in [0.1, 0.15) is 17.1 Å². The quantitative estimate of drug-likeness (QED) is 0.860. The maximum atomic E-state index is 10.9. The van der Waals surface area contributed by atoms with Crippen LogP contribution in [0.5, 0.6) is 0 Å². The van der Waals surface area contributed by atoms with Crippen molar-refractivity contribution < 1.29 is 14.3 Å². The van der Waals surface area contributed by atoms with Crippen molar-refractivity contribution in [3.8, 4) is 0 Å². The number of carboxylic acid groups (broad SMARTS) is 1. The van der Waals surface area contributed by atoms with Gasteiger partial charge in [-0.15, -0.1) is 0 Å². The molecule has 1 aromatic rings. The van der Waals surface area contributed by atoms with Crippen molar-refractivity contribution in [1.29, 1.82) is 0 Å². The highest BCUT2D eigenvalue weighted by Gasteiger charge is 2.28. The van der Waals surface area contributed by atoms with Crippen molar-refractivity contribution in [2.75, 3.05) is 12.3 Å². The Morgan fingerprint density at radius 2 is 2.44 bits per heavy atom. The average molecular weight is 269 g/mol. The number of carbonyl (C=O) groups is 1. The molecule has 1 saturated heterocycles. The van der Waals surface area contributed by atoms with Crippen molar-refractivity contribution >= 4 is 17.7 Å². The summed E-state index contributed by atoms with van der Waals surface area (Å²) in [6, 6.07) is 1.61. The monoisotopic (exact) mass is 269 g/mol. The number of thioether (sulfide) groups is 1. The van der Waals surface area contributed by atoms with Gasteiger partial charge in [-0.25, -0.2) is 4.79 Å². The third-order valence-electron chi connectivity index (χ3n) is 3.30. The second-order valence-electron chi connectivity index (χ2n) is 4.99. The van der Waals surface area contributed by atoms with E-state index in [9.17, 15) is 4.79 Å². The fourth-order valence-electron chi connectivity index (χ4n) is 2.27. The minimum atomic E-state index is -0.930. The first-order chi connectivity index (χ1) is 8.50. The van der Waals surface area contributed by atoms with E-state index in [0.29, 0.717) is 22.8 Å². The molecule has 5 heteroatoms. The molecule has 0 radical (unpaired) electrons. The van der Waals surface area contributed by atoms with Crippen LogP contribution in [0.3, 0.4) is 0 Å². The normalized spacial score (nSPS) is 23.4. The van der Waals surface area contributed by atoms with Gasteiger partial charge in [0.05, 0.1) is 6.54 Å². The Hall–Kier alpha value is -0.940. The van der Waals surface area contributed by atoms with Gasteiger partial charge in [-0.3, -0.25) is 0 Å². The van der Waals surface area contributed by atoms with Gasteiger partial charge in [-0.05, 0) is 38.5 Å². The number of carboxylic acids is 1. The molecule has 0 bridgehead atoms. The Labute approximate surface area is 111 Å². The van der Waals surface area contributed by atoms with Gasteiger partial charge in [-0.1, -0.05) is 0 Å². The SMILES string of the molecule is Cc1oc(CNCC2(C)CCCS2)cc1C(=O)O. The Morgan fingerprint density at radius 1 is 1.67 bits per heavy atom. The first-order valence-corrected chi connectivity index (χ1v) is 7.16. The Morgan fingerprint density at radius 3 is 3.00 bits per heavy atom. The fraction of sp³-hybridized carbons (Fsp3) is 0.615. The summed E-state index contributed by atoms with van der Waals surface area (Å²) in [6.45, 7) is 5.47. The van der Waals surface area contributed by atoms with E-state index in [1.54, 1.807) is 13.0 Å². The second-order valence-corrected chi connectivity index (χ2v) is 6.68. The van der Waals surface area contributed by atoms with Crippen LogP contribution >= 0.6 is 11.8 Å². The van der Waals surface area contributed by atoms with Crippen LogP contribution < -0.4 is 5.32 Å². The summed E-state index contributed by atoms with van der Waals surface area (Å²) in [6.07, 6.45) is 2.52. The number of aromatic carboxylic acids is 1. The minimum Gasteiger partial charge on any atom is -0.478 e. The summed E-state index contributed by atoms with van der Waals surface area (Å²) >= 11 is 2.01. The molecule has 0 spiro atoms. The molecule has 0 saturated carbocycles. The Bertz CT molecular complexity index is 435. The summed E-state index contributed by atoms with van der Waals surface area (Å²) < 4.78 is 5.74. The van der Waals surface area contributed by atoms with E-state index in [1.165, 1.54) is 18.6 Å². The number of hydrogen-bond donors (Lipinski definition) is 2. The number of rotatable bonds is 5. The summed E-state index contributed by atoms with van der Waals surface area (Å²) in [5, 5.41) is 12.3. The van der Waals surface area contributed by atoms with Crippen molar-refractivity contribution in [2.45, 2.75) is 38.0 Å². The van der Waals surface area contributed by atoms with E-state index in [0.717, 1.165) is 6.54 Å². The predicted octanol–water partition coefficient (Wildman–Crippen LogP) is 2.66. The van der Waals surface area contributed by atoms with E-state index in [-0.39, 0.29) is 5.56 Å². The van der Waals surface area contributed by atoms with E-state index < -0.39 is 5.97 Å². The number of aryl methyl sites for hydroxylation is 1. The van der Waals surface area contributed by atoms with E-state index in [1.807, 2.05) is 11.8 Å². The summed E-state index contributed by atoms with van der Waals surface area (Å²) in [5.41, 5.74) is 0.258. The van der Waals surface area contributed by atoms with Crippen molar-refractivity contribution in [1.82, 2.24) is 5.32 Å². The van der Waals surface area contributed by atoms with Crippen LogP contribution in [-0.2, 0) is 6.54 Å². The third-order valence-corrected chi connectivity index (χ3v) is 4.84. The van der Waals surface area contributed by atoms with E-state index in [2.05, 4.69) is 12.2 Å². The van der Waals surface area contributed by atoms with Crippen LogP contribution in [0.2, 0.25) is 0 Å². The largest absolute Gasteiger partial charge is 0.478 e. The van der Waals surface area contributed by atoms with Gasteiger partial charge in [0, 0.05) is 11.3 Å². The van der Waals surface area contributed by atoms with Gasteiger partial charge >= 0.3 is 5.97 Å². The van der Waals surface area contributed by atoms with Gasteiger partial charge < -0.3 is 14.8 Å². The molecule has 2 heterocycles. The molecule has 18 heavy (non-hydrogen) atoms. The molecule has 1 aliphatic heterocycles. The van der Waals surface area contributed by atoms with Gasteiger partial charge in [-0.2, -0.15) is 11.8 Å². The summed E-state index contributed by atoms with van der Waals surface area (Å²) in [4.78, 5) is 10.9. The van der Waals surface area contributed by atoms with Crippen LogP contribution in [0.25, 0.3) is 0 Å². The number of hydrogen-bond acceptors (Lipinski definition) is 4. The van der Waals surface area contributed by atoms with Crippen molar-refractivity contribution in [3.63, 3.8) is 0 Å². The van der Waals surface area contributed by atoms with E-state index >= 15 is 0 Å². The molecule has 2 N–H and O–H groups in total. The van der Waals surface area contributed by atoms with Crippen LogP contribution in [-0.4, -0.2) is 28.1 Å². The zero-order chi connectivity index (χ0) is 13.2. The lowest BCUT2D eigenvalue weighted by molar-refractivity contribution is 0.0695. The van der Waals surface area contributed by atoms with Crippen LogP contribution in [0.1, 0.15) is 41.6 Å². The highest BCUT2D eigenvalue weighted by molar-refractivity contribution is 8.00. The van der Waals surface area contributed by atoms with Gasteiger partial charge in [0.25, 0.3) is 0 Å². The molecular weight excluding hydrogens is 250 g/mol. The molecule has 1 fully saturated rings. The van der Waals surface area contributed by atoms with E-state index in [4.69, 9.17) is 9.52 Å². The lowest BCUT2D eigenvalue weighted by atomic mass is 10.1. The van der Waals surface area contributed by atoms with Crippen LogP contribution in [0, 0.1) is 6.92 Å². The smallest absolute Gasteiger partial charge is 0.339 e. The lowest BCUT2D eigenvalue weighted by Crippen LogP contribution is -2.32. The molecule has 4 nitrogen and oxygen atoms in total. The molecule has 100 valence electrons. The molecule has 1 atom stereocenters. The number of nitrogens with one attached hydrogen (secondary N) is 1. The molecular formula is C13H19NO3S. The van der Waals surface area contributed by atoms with Crippen LogP contribution in [0.15, 0.2) is 10.5 Å². The molecule has 0 amide bonds. The van der Waals surface area contributed by atoms with Crippen LogP contribution in [0.4, 0.5) is 0 Å². The van der Waals surface area contributed by atoms with Crippen molar-refractivity contribution in [2.24, 2.45) is 0 Å². The zero-order valence-corrected chi connectivity index (χ0v) is 11.6. The fourth-order valence-corrected chi connectivity index (χ4v) is 3.54.